The molecule has 7 aromatic rings. The van der Waals surface area contributed by atoms with Gasteiger partial charge in [0.2, 0.25) is 12.3 Å². The fourth-order valence-electron chi connectivity index (χ4n) is 7.96. The lowest BCUT2D eigenvalue weighted by Gasteiger charge is -2.28. The molecule has 3 aliphatic heterocycles. The maximum atomic E-state index is 14.1. The van der Waals surface area contributed by atoms with Crippen LogP contribution < -0.4 is 29.6 Å². The van der Waals surface area contributed by atoms with E-state index in [2.05, 4.69) is 54.5 Å². The number of fused-ring (bicyclic) bond motifs is 7. The molecule has 4 aromatic heterocycles. The smallest absolute Gasteiger partial charge is 0.239 e. The number of nitrogens with zero attached hydrogens (tertiary/aromatic N) is 7. The van der Waals surface area contributed by atoms with Crippen LogP contribution in [0.1, 0.15) is 28.8 Å². The summed E-state index contributed by atoms with van der Waals surface area (Å²) >= 11 is 15.5. The summed E-state index contributed by atoms with van der Waals surface area (Å²) in [6.45, 7) is 10.8. The second-order valence-corrected chi connectivity index (χ2v) is 18.6. The first-order chi connectivity index (χ1) is 33.9. The third-order valence-corrected chi connectivity index (χ3v) is 13.9. The van der Waals surface area contributed by atoms with Crippen molar-refractivity contribution >= 4 is 50.6 Å². The highest BCUT2D eigenvalue weighted by atomic mass is 35.5. The first kappa shape index (κ1) is 50.6. The Kier molecular flexibility index (Phi) is 17.2. The molecule has 70 heavy (non-hydrogen) atoms. The molecule has 0 aliphatic carbocycles. The van der Waals surface area contributed by atoms with Crippen LogP contribution in [0, 0.1) is 19.7 Å². The second-order valence-electron chi connectivity index (χ2n) is 16.9. The molecule has 19 heteroatoms. The molecule has 4 bridgehead atoms. The highest BCUT2D eigenvalue weighted by molar-refractivity contribution is 7.22. The van der Waals surface area contributed by atoms with Crippen LogP contribution >= 0.6 is 34.5 Å². The first-order valence-electron chi connectivity index (χ1n) is 23.0. The summed E-state index contributed by atoms with van der Waals surface area (Å²) in [5.74, 6) is 2.72. The maximum absolute atomic E-state index is 14.1. The number of anilines is 1. The lowest BCUT2D eigenvalue weighted by Crippen LogP contribution is -2.42. The standard InChI is InChI=1S/C45H40Cl2F3N7O4S.C6H14N2/c1-25-36-26(2)40(47)41(39(25)46)59-20-19-58-32-8-9-33(61-23-31-11-15-53-43(57-31)29-5-10-35(54-22-29)52-17-16-51-14-12-34(49)50)28(21-32)13-18-60-44-38-37(36)42(62-45(38)56-24-55-44)27-3-6-30(48)7-4-27;1-7-3-5-8(2)6-4-7/h3-11,15,21-22,24,34,51H,12-14,16-20,23H2,1-2H3,(H,52,54);3-6H2,1-2H3. The number of nitrogens with one attached hydrogen (secondary N) is 2. The van der Waals surface area contributed by atoms with E-state index in [0.717, 1.165) is 43.8 Å². The number of piperazine rings is 1. The van der Waals surface area contributed by atoms with Crippen molar-refractivity contribution in [2.24, 2.45) is 0 Å². The number of halogens is 5. The summed E-state index contributed by atoms with van der Waals surface area (Å²) in [5, 5.41) is 7.54. The van der Waals surface area contributed by atoms with Gasteiger partial charge in [-0.15, -0.1) is 11.3 Å². The Hall–Kier alpha value is -5.82. The van der Waals surface area contributed by atoms with E-state index in [0.29, 0.717) is 80.2 Å². The molecule has 0 saturated carbocycles. The fourth-order valence-corrected chi connectivity index (χ4v) is 9.64. The highest BCUT2D eigenvalue weighted by Gasteiger charge is 2.28. The average Bonchev–Trinajstić information content (AvgIpc) is 3.75. The van der Waals surface area contributed by atoms with Gasteiger partial charge in [-0.1, -0.05) is 35.3 Å². The Morgan fingerprint density at radius 2 is 1.51 bits per heavy atom. The zero-order valence-corrected chi connectivity index (χ0v) is 41.7. The van der Waals surface area contributed by atoms with Gasteiger partial charge in [-0.05, 0) is 98.7 Å². The van der Waals surface area contributed by atoms with Gasteiger partial charge in [0.1, 0.15) is 54.1 Å². The predicted octanol–water partition coefficient (Wildman–Crippen LogP) is 10.4. The summed E-state index contributed by atoms with van der Waals surface area (Å²) in [7, 11) is 4.35. The molecule has 0 spiro atoms. The zero-order chi connectivity index (χ0) is 49.1. The molecule has 7 heterocycles. The third kappa shape index (κ3) is 12.5. The van der Waals surface area contributed by atoms with Crippen molar-refractivity contribution in [3.05, 3.63) is 118 Å². The molecule has 1 fully saturated rings. The molecular formula is C51H54Cl2F3N9O4S. The molecule has 3 aliphatic rings. The van der Waals surface area contributed by atoms with E-state index in [1.807, 2.05) is 44.2 Å². The molecule has 1 saturated heterocycles. The molecule has 3 aromatic carbocycles. The SMILES string of the molecule is CN1CCN(C)CC1.Cc1c(Cl)c2c(Cl)c(C)c1-c1c(-c3ccc(F)cc3)sc3ncnc(c13)OCCc1cc(ccc1OCc1ccnc(-c3ccc(NCCNCCC(F)F)nc3)n1)OCCO2. The van der Waals surface area contributed by atoms with E-state index < -0.39 is 6.43 Å². The molecule has 13 nitrogen and oxygen atoms in total. The average molecular weight is 1020 g/mol. The van der Waals surface area contributed by atoms with Gasteiger partial charge in [0.05, 0.1) is 27.7 Å². The number of hydrogen-bond donors (Lipinski definition) is 2. The molecule has 0 radical (unpaired) electrons. The van der Waals surface area contributed by atoms with Gasteiger partial charge >= 0.3 is 0 Å². The number of thiophene rings is 1. The summed E-state index contributed by atoms with van der Waals surface area (Å²) in [4.78, 5) is 29.1. The number of benzene rings is 3. The van der Waals surface area contributed by atoms with E-state index in [1.54, 1.807) is 30.6 Å². The quantitative estimate of drug-likeness (QED) is 0.113. The van der Waals surface area contributed by atoms with Crippen LogP contribution in [0.25, 0.3) is 43.2 Å². The molecule has 10 rings (SSSR count). The summed E-state index contributed by atoms with van der Waals surface area (Å²) in [5.41, 5.74) is 6.02. The van der Waals surface area contributed by atoms with Gasteiger partial charge < -0.3 is 39.4 Å². The van der Waals surface area contributed by atoms with Crippen molar-refractivity contribution in [2.45, 2.75) is 39.7 Å². The molecule has 0 unspecified atom stereocenters. The minimum absolute atomic E-state index is 0.150. The predicted molar refractivity (Wildman–Crippen MR) is 271 cm³/mol. The second kappa shape index (κ2) is 23.9. The lowest BCUT2D eigenvalue weighted by atomic mass is 9.92. The van der Waals surface area contributed by atoms with Crippen molar-refractivity contribution in [3.8, 4) is 56.1 Å². The summed E-state index contributed by atoms with van der Waals surface area (Å²) in [6.07, 6.45) is 2.74. The first-order valence-corrected chi connectivity index (χ1v) is 24.5. The monoisotopic (exact) mass is 1020 g/mol. The van der Waals surface area contributed by atoms with Crippen LogP contribution in [0.4, 0.5) is 19.0 Å². The molecule has 368 valence electrons. The molecule has 0 atom stereocenters. The highest BCUT2D eigenvalue weighted by Crippen LogP contribution is 2.52. The van der Waals surface area contributed by atoms with Crippen molar-refractivity contribution in [2.75, 3.05) is 85.0 Å². The van der Waals surface area contributed by atoms with Crippen LogP contribution in [0.3, 0.4) is 0 Å². The topological polar surface area (TPSA) is 132 Å². The Labute approximate surface area is 419 Å². The van der Waals surface area contributed by atoms with Crippen molar-refractivity contribution in [1.29, 1.82) is 0 Å². The van der Waals surface area contributed by atoms with Gasteiger partial charge in [0.25, 0.3) is 0 Å². The number of alkyl halides is 2. The number of aromatic nitrogens is 5. The van der Waals surface area contributed by atoms with Gasteiger partial charge in [-0.2, -0.15) is 0 Å². The zero-order valence-electron chi connectivity index (χ0n) is 39.3. The number of likely N-dealkylation sites (N-methyl/N-ethyl adjacent to an activating group) is 2. The van der Waals surface area contributed by atoms with Gasteiger partial charge in [-0.25, -0.2) is 38.1 Å². The molecule has 2 N–H and O–H groups in total. The van der Waals surface area contributed by atoms with Gasteiger partial charge in [-0.3, -0.25) is 0 Å². The Balaban J connectivity index is 0.000000749. The lowest BCUT2D eigenvalue weighted by molar-refractivity contribution is 0.137. The minimum Gasteiger partial charge on any atom is -0.490 e. The van der Waals surface area contributed by atoms with E-state index in [1.165, 1.54) is 56.0 Å². The third-order valence-electron chi connectivity index (χ3n) is 11.8. The number of rotatable bonds is 12. The number of ether oxygens (including phenoxy) is 4. The van der Waals surface area contributed by atoms with Gasteiger partial charge in [0.15, 0.2) is 11.6 Å². The largest absolute Gasteiger partial charge is 0.490 e. The van der Waals surface area contributed by atoms with E-state index in [-0.39, 0.29) is 45.2 Å². The van der Waals surface area contributed by atoms with E-state index in [9.17, 15) is 13.2 Å². The van der Waals surface area contributed by atoms with Crippen molar-refractivity contribution in [1.82, 2.24) is 40.0 Å². The van der Waals surface area contributed by atoms with Gasteiger partial charge in [0, 0.05) is 92.6 Å². The van der Waals surface area contributed by atoms with Crippen molar-refractivity contribution in [3.63, 3.8) is 0 Å². The van der Waals surface area contributed by atoms with Crippen LogP contribution in [0.2, 0.25) is 10.0 Å². The Bertz CT molecular complexity index is 2830. The summed E-state index contributed by atoms with van der Waals surface area (Å²) < 4.78 is 64.0. The Morgan fingerprint density at radius 1 is 0.786 bits per heavy atom. The molecule has 0 amide bonds. The van der Waals surface area contributed by atoms with Crippen LogP contribution in [-0.2, 0) is 13.0 Å². The number of pyridine rings is 1. The molecular weight excluding hydrogens is 963 g/mol. The minimum atomic E-state index is -2.32. The van der Waals surface area contributed by atoms with Crippen LogP contribution in [0.15, 0.2) is 79.4 Å². The summed E-state index contributed by atoms with van der Waals surface area (Å²) in [6, 6.07) is 17.4. The normalized spacial score (nSPS) is 14.3. The fraction of sp³-hybridized carbons (Fsp3) is 0.353. The van der Waals surface area contributed by atoms with Crippen molar-refractivity contribution < 1.29 is 32.1 Å². The van der Waals surface area contributed by atoms with E-state index in [4.69, 9.17) is 47.1 Å². The Morgan fingerprint density at radius 3 is 2.23 bits per heavy atom. The van der Waals surface area contributed by atoms with E-state index >= 15 is 0 Å². The number of hydrogen-bond acceptors (Lipinski definition) is 14. The maximum Gasteiger partial charge on any atom is 0.239 e. The van der Waals surface area contributed by atoms with Crippen LogP contribution in [-0.4, -0.2) is 121 Å². The van der Waals surface area contributed by atoms with Crippen LogP contribution in [0.5, 0.6) is 23.1 Å².